The summed E-state index contributed by atoms with van der Waals surface area (Å²) in [5.41, 5.74) is -0.197. The molecule has 0 aliphatic carbocycles. The molecule has 3 amide bonds. The normalized spacial score (nSPS) is 17.5. The van der Waals surface area contributed by atoms with Crippen LogP contribution in [0.25, 0.3) is 17.4 Å². The van der Waals surface area contributed by atoms with Crippen LogP contribution in [-0.4, -0.2) is 68.6 Å². The van der Waals surface area contributed by atoms with Gasteiger partial charge in [-0.05, 0) is 61.4 Å². The molecule has 0 spiro atoms. The lowest BCUT2D eigenvalue weighted by Crippen LogP contribution is -2.44. The minimum Gasteiger partial charge on any atom is -0.478 e. The minimum absolute atomic E-state index is 0.0860. The largest absolute Gasteiger partial charge is 0.478 e. The fraction of sp³-hybridized carbons (Fsp3) is 0.261. The molecule has 2 N–H and O–H groups in total. The Bertz CT molecular complexity index is 1190. The zero-order valence-corrected chi connectivity index (χ0v) is 18.7. The highest BCUT2D eigenvalue weighted by Gasteiger charge is 2.37. The van der Waals surface area contributed by atoms with Crippen LogP contribution in [0.3, 0.4) is 0 Å². The number of carbonyl (C=O) groups is 5. The number of rotatable bonds is 6. The summed E-state index contributed by atoms with van der Waals surface area (Å²) in [6.07, 6.45) is 4.21. The Hall–Kier alpha value is -3.86. The fourth-order valence-electron chi connectivity index (χ4n) is 3.75. The number of piperidine rings is 1. The highest BCUT2D eigenvalue weighted by molar-refractivity contribution is 8.18. The average Bonchev–Trinajstić information content (AvgIpc) is 3.39. The van der Waals surface area contributed by atoms with Gasteiger partial charge in [0.1, 0.15) is 18.1 Å². The van der Waals surface area contributed by atoms with Crippen molar-refractivity contribution in [2.24, 2.45) is 0 Å². The molecule has 2 aromatic rings. The lowest BCUT2D eigenvalue weighted by atomic mass is 10.0. The Morgan fingerprint density at radius 3 is 2.24 bits per heavy atom. The first-order valence-electron chi connectivity index (χ1n) is 10.5. The number of amides is 3. The Balaban J connectivity index is 1.53. The van der Waals surface area contributed by atoms with E-state index in [1.165, 1.54) is 30.3 Å². The molecular weight excluding hydrogens is 464 g/mol. The van der Waals surface area contributed by atoms with Gasteiger partial charge in [0.15, 0.2) is 0 Å². The van der Waals surface area contributed by atoms with Crippen LogP contribution in [0.15, 0.2) is 39.7 Å². The number of benzene rings is 1. The molecule has 3 heterocycles. The molecule has 2 aliphatic rings. The molecule has 1 aromatic carbocycles. The molecule has 1 aromatic heterocycles. The van der Waals surface area contributed by atoms with Crippen molar-refractivity contribution >= 4 is 46.8 Å². The van der Waals surface area contributed by atoms with Crippen LogP contribution < -0.4 is 0 Å². The van der Waals surface area contributed by atoms with Crippen LogP contribution in [0, 0.1) is 0 Å². The van der Waals surface area contributed by atoms with Crippen molar-refractivity contribution < 1.29 is 38.6 Å². The van der Waals surface area contributed by atoms with Gasteiger partial charge in [-0.15, -0.1) is 0 Å². The number of carbonyl (C=O) groups excluding carboxylic acids is 3. The van der Waals surface area contributed by atoms with Crippen LogP contribution in [-0.2, 0) is 9.59 Å². The van der Waals surface area contributed by atoms with Gasteiger partial charge in [0.05, 0.1) is 16.0 Å². The number of hydrogen-bond acceptors (Lipinski definition) is 7. The zero-order valence-electron chi connectivity index (χ0n) is 17.9. The monoisotopic (exact) mass is 484 g/mol. The van der Waals surface area contributed by atoms with Crippen molar-refractivity contribution in [3.8, 4) is 11.3 Å². The van der Waals surface area contributed by atoms with Gasteiger partial charge in [-0.25, -0.2) is 9.59 Å². The number of likely N-dealkylation sites (tertiary alicyclic amines) is 1. The molecule has 0 atom stereocenters. The Morgan fingerprint density at radius 1 is 0.971 bits per heavy atom. The third-order valence-electron chi connectivity index (χ3n) is 5.49. The molecule has 176 valence electrons. The Morgan fingerprint density at radius 2 is 1.62 bits per heavy atom. The summed E-state index contributed by atoms with van der Waals surface area (Å²) in [6, 6.07) is 6.60. The van der Waals surface area contributed by atoms with E-state index in [-0.39, 0.29) is 45.6 Å². The van der Waals surface area contributed by atoms with Gasteiger partial charge in [0.25, 0.3) is 11.1 Å². The predicted octanol–water partition coefficient (Wildman–Crippen LogP) is 3.39. The molecule has 10 nitrogen and oxygen atoms in total. The number of hydrogen-bond donors (Lipinski definition) is 2. The highest BCUT2D eigenvalue weighted by atomic mass is 32.2. The van der Waals surface area contributed by atoms with Crippen LogP contribution in [0.4, 0.5) is 4.79 Å². The number of imide groups is 1. The van der Waals surface area contributed by atoms with Crippen molar-refractivity contribution in [2.45, 2.75) is 19.3 Å². The molecule has 11 heteroatoms. The summed E-state index contributed by atoms with van der Waals surface area (Å²) >= 11 is 0.695. The van der Waals surface area contributed by atoms with Gasteiger partial charge in [-0.1, -0.05) is 0 Å². The molecule has 2 fully saturated rings. The van der Waals surface area contributed by atoms with Crippen LogP contribution in [0.1, 0.15) is 45.7 Å². The van der Waals surface area contributed by atoms with Crippen LogP contribution >= 0.6 is 11.8 Å². The van der Waals surface area contributed by atoms with Crippen LogP contribution in [0.5, 0.6) is 0 Å². The third-order valence-corrected chi connectivity index (χ3v) is 6.39. The van der Waals surface area contributed by atoms with Gasteiger partial charge in [-0.2, -0.15) is 0 Å². The van der Waals surface area contributed by atoms with Gasteiger partial charge < -0.3 is 19.5 Å². The average molecular weight is 484 g/mol. The topological polar surface area (TPSA) is 145 Å². The van der Waals surface area contributed by atoms with Gasteiger partial charge in [0.2, 0.25) is 5.91 Å². The van der Waals surface area contributed by atoms with E-state index in [0.717, 1.165) is 30.2 Å². The smallest absolute Gasteiger partial charge is 0.335 e. The van der Waals surface area contributed by atoms with E-state index in [0.29, 0.717) is 24.9 Å². The number of thioether (sulfide) groups is 1. The second kappa shape index (κ2) is 9.56. The first-order valence-corrected chi connectivity index (χ1v) is 11.3. The fourth-order valence-corrected chi connectivity index (χ4v) is 4.56. The van der Waals surface area contributed by atoms with E-state index < -0.39 is 23.1 Å². The summed E-state index contributed by atoms with van der Waals surface area (Å²) in [4.78, 5) is 62.9. The number of carboxylic acid groups (broad SMARTS) is 2. The Kier molecular flexibility index (Phi) is 6.55. The van der Waals surface area contributed by atoms with Crippen LogP contribution in [0.2, 0.25) is 0 Å². The predicted molar refractivity (Wildman–Crippen MR) is 121 cm³/mol. The molecule has 2 saturated heterocycles. The molecule has 2 aliphatic heterocycles. The number of nitrogens with zero attached hydrogens (tertiary/aromatic N) is 2. The molecule has 4 rings (SSSR count). The summed E-state index contributed by atoms with van der Waals surface area (Å²) in [5.74, 6) is -3.04. The van der Waals surface area contributed by atoms with Crippen molar-refractivity contribution in [1.29, 1.82) is 0 Å². The summed E-state index contributed by atoms with van der Waals surface area (Å²) in [5, 5.41) is 17.9. The maximum absolute atomic E-state index is 12.7. The quantitative estimate of drug-likeness (QED) is 0.589. The zero-order chi connectivity index (χ0) is 24.4. The van der Waals surface area contributed by atoms with E-state index in [4.69, 9.17) is 4.42 Å². The van der Waals surface area contributed by atoms with E-state index in [2.05, 4.69) is 0 Å². The first kappa shape index (κ1) is 23.3. The second-order valence-electron chi connectivity index (χ2n) is 7.82. The molecule has 0 radical (unpaired) electrons. The molecule has 0 bridgehead atoms. The lowest BCUT2D eigenvalue weighted by molar-refractivity contribution is -0.136. The van der Waals surface area contributed by atoms with Crippen molar-refractivity contribution in [3.05, 3.63) is 52.1 Å². The standard InChI is InChI=1S/C23H20N2O8S/c26-19(24-6-2-1-3-7-24)12-25-20(27)18(34-23(25)32)11-16-4-5-17(33-16)13-8-14(21(28)29)10-15(9-13)22(30)31/h4-5,8-11H,1-3,6-7,12H2,(H,28,29)(H,30,31)/b18-11-. The van der Waals surface area contributed by atoms with Crippen molar-refractivity contribution in [2.75, 3.05) is 19.6 Å². The summed E-state index contributed by atoms with van der Waals surface area (Å²) < 4.78 is 5.66. The second-order valence-corrected chi connectivity index (χ2v) is 8.81. The number of aromatic carboxylic acids is 2. The maximum Gasteiger partial charge on any atom is 0.335 e. The maximum atomic E-state index is 12.7. The summed E-state index contributed by atoms with van der Waals surface area (Å²) in [6.45, 7) is 0.921. The van der Waals surface area contributed by atoms with E-state index in [1.54, 1.807) is 4.90 Å². The summed E-state index contributed by atoms with van der Waals surface area (Å²) in [7, 11) is 0. The van der Waals surface area contributed by atoms with E-state index in [1.807, 2.05) is 0 Å². The molecule has 0 saturated carbocycles. The van der Waals surface area contributed by atoms with E-state index >= 15 is 0 Å². The van der Waals surface area contributed by atoms with Crippen molar-refractivity contribution in [3.63, 3.8) is 0 Å². The third kappa shape index (κ3) is 4.88. The number of carboxylic acids is 2. The van der Waals surface area contributed by atoms with Gasteiger partial charge >= 0.3 is 11.9 Å². The SMILES string of the molecule is O=C(O)c1cc(C(=O)O)cc(-c2ccc(/C=C3\SC(=O)N(CC(=O)N4CCCCC4)C3=O)o2)c1. The molecular formula is C23H20N2O8S. The van der Waals surface area contributed by atoms with E-state index in [9.17, 15) is 34.2 Å². The molecule has 0 unspecified atom stereocenters. The molecule has 34 heavy (non-hydrogen) atoms. The lowest BCUT2D eigenvalue weighted by Gasteiger charge is -2.27. The minimum atomic E-state index is -1.29. The van der Waals surface area contributed by atoms with Crippen molar-refractivity contribution in [1.82, 2.24) is 9.80 Å². The first-order chi connectivity index (χ1) is 16.2. The highest BCUT2D eigenvalue weighted by Crippen LogP contribution is 2.33. The Labute approximate surface area is 197 Å². The van der Waals surface area contributed by atoms with Gasteiger partial charge in [-0.3, -0.25) is 19.3 Å². The van der Waals surface area contributed by atoms with Gasteiger partial charge in [0, 0.05) is 24.7 Å². The number of furan rings is 1.